The first-order chi connectivity index (χ1) is 16.8. The van der Waals surface area contributed by atoms with Gasteiger partial charge < -0.3 is 14.4 Å². The van der Waals surface area contributed by atoms with E-state index in [1.807, 2.05) is 29.9 Å². The second kappa shape index (κ2) is 9.79. The van der Waals surface area contributed by atoms with Crippen molar-refractivity contribution < 1.29 is 0 Å². The van der Waals surface area contributed by atoms with E-state index in [0.29, 0.717) is 28.7 Å². The lowest BCUT2D eigenvalue weighted by atomic mass is 9.88. The van der Waals surface area contributed by atoms with Gasteiger partial charge >= 0.3 is 0 Å². The van der Waals surface area contributed by atoms with Crippen molar-refractivity contribution in [2.75, 3.05) is 23.4 Å². The fraction of sp³-hybridized carbons (Fsp3) is 0.500. The fourth-order valence-electron chi connectivity index (χ4n) is 5.31. The molecule has 1 fully saturated rings. The van der Waals surface area contributed by atoms with Gasteiger partial charge in [0, 0.05) is 45.8 Å². The minimum Gasteiger partial charge on any atom is -0.369 e. The third-order valence-electron chi connectivity index (χ3n) is 7.10. The summed E-state index contributed by atoms with van der Waals surface area (Å²) in [5.74, 6) is 1.66. The van der Waals surface area contributed by atoms with E-state index in [1.165, 1.54) is 4.57 Å². The summed E-state index contributed by atoms with van der Waals surface area (Å²) in [7, 11) is 5.55. The lowest BCUT2D eigenvalue weighted by Gasteiger charge is -2.42. The van der Waals surface area contributed by atoms with Gasteiger partial charge in [0.1, 0.15) is 34.7 Å². The number of aromatic nitrogens is 4. The van der Waals surface area contributed by atoms with Crippen molar-refractivity contribution in [3.63, 3.8) is 0 Å². The lowest BCUT2D eigenvalue weighted by Crippen LogP contribution is -2.45. The molecule has 0 radical (unpaired) electrons. The molecule has 0 spiro atoms. The summed E-state index contributed by atoms with van der Waals surface area (Å²) in [6.45, 7) is 5.43. The van der Waals surface area contributed by atoms with Crippen LogP contribution in [0.5, 0.6) is 0 Å². The molecule has 9 heteroatoms. The molecule has 3 aromatic rings. The molecule has 3 aromatic heterocycles. The molecule has 0 aromatic carbocycles. The Bertz CT molecular complexity index is 1360. The molecule has 0 N–H and O–H groups in total. The van der Waals surface area contributed by atoms with Crippen LogP contribution in [0.15, 0.2) is 29.2 Å². The summed E-state index contributed by atoms with van der Waals surface area (Å²) in [5.41, 5.74) is 1.65. The van der Waals surface area contributed by atoms with E-state index in [-0.39, 0.29) is 22.9 Å². The van der Waals surface area contributed by atoms with Crippen LogP contribution in [0.3, 0.4) is 0 Å². The highest BCUT2D eigenvalue weighted by Crippen LogP contribution is 2.34. The van der Waals surface area contributed by atoms with Crippen molar-refractivity contribution in [2.45, 2.75) is 51.6 Å². The Morgan fingerprint density at radius 3 is 2.34 bits per heavy atom. The van der Waals surface area contributed by atoms with Gasteiger partial charge in [0.25, 0.3) is 5.56 Å². The average Bonchev–Trinajstić information content (AvgIpc) is 3.29. The van der Waals surface area contributed by atoms with Gasteiger partial charge in [0.15, 0.2) is 0 Å². The highest BCUT2D eigenvalue weighted by atomic mass is 16.1. The van der Waals surface area contributed by atoms with E-state index in [2.05, 4.69) is 47.0 Å². The van der Waals surface area contributed by atoms with E-state index < -0.39 is 0 Å². The maximum Gasteiger partial charge on any atom is 0.270 e. The van der Waals surface area contributed by atoms with Crippen LogP contribution in [0.25, 0.3) is 11.0 Å². The minimum atomic E-state index is -0.346. The number of nitrogens with zero attached hydrogens (tertiary/aromatic N) is 8. The number of nitriles is 2. The quantitative estimate of drug-likeness (QED) is 0.542. The average molecular weight is 473 g/mol. The molecule has 0 saturated heterocycles. The molecule has 0 bridgehead atoms. The number of fused-ring (bicyclic) bond motifs is 1. The summed E-state index contributed by atoms with van der Waals surface area (Å²) in [4.78, 5) is 22.0. The smallest absolute Gasteiger partial charge is 0.270 e. The van der Waals surface area contributed by atoms with Gasteiger partial charge in [-0.25, -0.2) is 4.98 Å². The largest absolute Gasteiger partial charge is 0.369 e. The Balaban J connectivity index is 1.65. The Kier molecular flexibility index (Phi) is 6.79. The molecule has 0 amide bonds. The number of hydrogen-bond acceptors (Lipinski definition) is 7. The van der Waals surface area contributed by atoms with Crippen LogP contribution in [0, 0.1) is 28.6 Å². The molecule has 1 saturated carbocycles. The summed E-state index contributed by atoms with van der Waals surface area (Å²) >= 11 is 0. The number of pyridine rings is 2. The van der Waals surface area contributed by atoms with Crippen LogP contribution in [-0.4, -0.2) is 45.0 Å². The zero-order valence-corrected chi connectivity index (χ0v) is 21.1. The van der Waals surface area contributed by atoms with Gasteiger partial charge in [-0.05, 0) is 43.7 Å². The van der Waals surface area contributed by atoms with Gasteiger partial charge in [-0.2, -0.15) is 15.6 Å². The predicted molar refractivity (Wildman–Crippen MR) is 136 cm³/mol. The summed E-state index contributed by atoms with van der Waals surface area (Å²) in [6.07, 6.45) is 5.68. The normalized spacial score (nSPS) is 17.8. The third kappa shape index (κ3) is 4.46. The number of rotatable bonds is 6. The third-order valence-corrected chi connectivity index (χ3v) is 7.10. The number of aryl methyl sites for hydroxylation is 2. The molecule has 0 atom stereocenters. The zero-order chi connectivity index (χ0) is 25.3. The van der Waals surface area contributed by atoms with Crippen LogP contribution >= 0.6 is 0 Å². The molecule has 4 rings (SSSR count). The maximum atomic E-state index is 13.0. The Morgan fingerprint density at radius 2 is 1.77 bits per heavy atom. The van der Waals surface area contributed by atoms with Gasteiger partial charge in [0.05, 0.1) is 17.4 Å². The predicted octanol–water partition coefficient (Wildman–Crippen LogP) is 3.32. The van der Waals surface area contributed by atoms with Crippen molar-refractivity contribution >= 4 is 22.5 Å². The molecule has 0 aliphatic heterocycles. The van der Waals surface area contributed by atoms with Gasteiger partial charge in [-0.15, -0.1) is 0 Å². The molecule has 1 aliphatic carbocycles. The number of anilines is 2. The standard InChI is InChI=1S/C26H32N8O/c1-17(2)16-34(23-12-13-29-33(23)5)20-9-7-19(8-10-20)31(3)25-21(15-28)26(35)32(4)22-11-6-18(14-27)30-24(22)25/h6,11-13,17,19-20H,7-10,16H2,1-5H3/t19-,20-. The Hall–Kier alpha value is -3.85. The van der Waals surface area contributed by atoms with Crippen molar-refractivity contribution in [3.05, 3.63) is 46.0 Å². The molecular formula is C26H32N8O. The zero-order valence-electron chi connectivity index (χ0n) is 21.1. The summed E-state index contributed by atoms with van der Waals surface area (Å²) < 4.78 is 3.37. The number of hydrogen-bond donors (Lipinski definition) is 0. The highest BCUT2D eigenvalue weighted by molar-refractivity contribution is 5.92. The molecule has 1 aliphatic rings. The molecule has 35 heavy (non-hydrogen) atoms. The van der Waals surface area contributed by atoms with Crippen LogP contribution in [0.1, 0.15) is 50.8 Å². The SMILES string of the molecule is CC(C)CN(c1ccnn1C)[C@H]1CC[C@H](N(C)c2c(C#N)c(=O)n(C)c3ccc(C#N)nc23)CC1. The second-order valence-corrected chi connectivity index (χ2v) is 9.81. The minimum absolute atomic E-state index is 0.0727. The van der Waals surface area contributed by atoms with Crippen LogP contribution in [-0.2, 0) is 14.1 Å². The molecule has 0 unspecified atom stereocenters. The first-order valence-corrected chi connectivity index (χ1v) is 12.1. The van der Waals surface area contributed by atoms with E-state index in [1.54, 1.807) is 19.2 Å². The molecular weight excluding hydrogens is 440 g/mol. The summed E-state index contributed by atoms with van der Waals surface area (Å²) in [5, 5.41) is 23.7. The van der Waals surface area contributed by atoms with Gasteiger partial charge in [-0.1, -0.05) is 13.8 Å². The maximum absolute atomic E-state index is 13.0. The first kappa shape index (κ1) is 24.3. The topological polar surface area (TPSA) is 107 Å². The Morgan fingerprint density at radius 1 is 1.09 bits per heavy atom. The fourth-order valence-corrected chi connectivity index (χ4v) is 5.31. The van der Waals surface area contributed by atoms with E-state index in [4.69, 9.17) is 0 Å². The second-order valence-electron chi connectivity index (χ2n) is 9.81. The summed E-state index contributed by atoms with van der Waals surface area (Å²) in [6, 6.07) is 10.2. The lowest BCUT2D eigenvalue weighted by molar-refractivity contribution is 0.356. The van der Waals surface area contributed by atoms with Crippen LogP contribution < -0.4 is 15.4 Å². The molecule has 3 heterocycles. The van der Waals surface area contributed by atoms with Gasteiger partial charge in [-0.3, -0.25) is 9.48 Å². The van der Waals surface area contributed by atoms with Crippen molar-refractivity contribution in [1.29, 1.82) is 10.5 Å². The van der Waals surface area contributed by atoms with Crippen molar-refractivity contribution in [1.82, 2.24) is 19.3 Å². The van der Waals surface area contributed by atoms with Crippen molar-refractivity contribution in [2.24, 2.45) is 20.0 Å². The first-order valence-electron chi connectivity index (χ1n) is 12.1. The van der Waals surface area contributed by atoms with E-state index in [9.17, 15) is 15.3 Å². The van der Waals surface area contributed by atoms with Crippen LogP contribution in [0.2, 0.25) is 0 Å². The highest BCUT2D eigenvalue weighted by Gasteiger charge is 2.32. The van der Waals surface area contributed by atoms with Gasteiger partial charge in [0.2, 0.25) is 0 Å². The molecule has 182 valence electrons. The van der Waals surface area contributed by atoms with E-state index in [0.717, 1.165) is 38.0 Å². The van der Waals surface area contributed by atoms with Crippen LogP contribution in [0.4, 0.5) is 11.5 Å². The monoisotopic (exact) mass is 472 g/mol. The molecule has 9 nitrogen and oxygen atoms in total. The van der Waals surface area contributed by atoms with E-state index >= 15 is 0 Å². The Labute approximate surface area is 205 Å². The van der Waals surface area contributed by atoms with Crippen molar-refractivity contribution in [3.8, 4) is 12.1 Å².